The fourth-order valence-electron chi connectivity index (χ4n) is 2.22. The van der Waals surface area contributed by atoms with E-state index in [0.29, 0.717) is 6.07 Å². The molecule has 0 spiro atoms. The molecule has 0 unspecified atom stereocenters. The molecule has 0 saturated heterocycles. The van der Waals surface area contributed by atoms with Crippen molar-refractivity contribution >= 4 is 44.8 Å². The molecule has 1 amide bonds. The molecular formula is C17H15Cl2F3N2O3S. The van der Waals surface area contributed by atoms with Gasteiger partial charge in [-0.15, -0.1) is 0 Å². The van der Waals surface area contributed by atoms with Gasteiger partial charge in [0.1, 0.15) is 4.90 Å². The van der Waals surface area contributed by atoms with Gasteiger partial charge in [-0.25, -0.2) is 8.42 Å². The zero-order valence-electron chi connectivity index (χ0n) is 14.6. The standard InChI is InChI=1S/C17H15Cl2F3N2O3S/c1-9(2)23-16(25)12-7-15(14(19)8-13(12)18)28(26,27)24-11-5-3-4-10(6-11)17(20,21)22/h3-9,24H,1-2H3,(H,23,25). The average Bonchev–Trinajstić information content (AvgIpc) is 2.52. The first kappa shape index (κ1) is 22.3. The van der Waals surface area contributed by atoms with Crippen LogP contribution in [-0.4, -0.2) is 20.4 Å². The fourth-order valence-corrected chi connectivity index (χ4v) is 4.13. The number of hydrogen-bond acceptors (Lipinski definition) is 3. The van der Waals surface area contributed by atoms with Crippen molar-refractivity contribution in [3.05, 3.63) is 57.6 Å². The summed E-state index contributed by atoms with van der Waals surface area (Å²) in [5, 5.41) is 2.21. The highest BCUT2D eigenvalue weighted by atomic mass is 35.5. The maximum atomic E-state index is 12.8. The molecule has 0 heterocycles. The Morgan fingerprint density at radius 3 is 2.29 bits per heavy atom. The van der Waals surface area contributed by atoms with E-state index in [1.807, 2.05) is 4.72 Å². The Morgan fingerprint density at radius 2 is 1.71 bits per heavy atom. The molecule has 0 saturated carbocycles. The summed E-state index contributed by atoms with van der Waals surface area (Å²) >= 11 is 11.9. The van der Waals surface area contributed by atoms with Crippen molar-refractivity contribution in [2.45, 2.75) is 31.0 Å². The Labute approximate surface area is 169 Å². The van der Waals surface area contributed by atoms with Gasteiger partial charge in [0.25, 0.3) is 15.9 Å². The van der Waals surface area contributed by atoms with Gasteiger partial charge in [0.2, 0.25) is 0 Å². The van der Waals surface area contributed by atoms with Gasteiger partial charge in [-0.05, 0) is 44.2 Å². The summed E-state index contributed by atoms with van der Waals surface area (Å²) in [6.45, 7) is 3.41. The van der Waals surface area contributed by atoms with Crippen molar-refractivity contribution in [3.8, 4) is 0 Å². The number of amides is 1. The quantitative estimate of drug-likeness (QED) is 0.670. The minimum absolute atomic E-state index is 0.0684. The van der Waals surface area contributed by atoms with Crippen LogP contribution in [0.5, 0.6) is 0 Å². The third-order valence-electron chi connectivity index (χ3n) is 3.42. The average molecular weight is 455 g/mol. The van der Waals surface area contributed by atoms with Crippen LogP contribution in [-0.2, 0) is 16.2 Å². The largest absolute Gasteiger partial charge is 0.416 e. The van der Waals surface area contributed by atoms with Crippen LogP contribution in [0.1, 0.15) is 29.8 Å². The number of rotatable bonds is 5. The summed E-state index contributed by atoms with van der Waals surface area (Å²) in [5.41, 5.74) is -1.47. The minimum Gasteiger partial charge on any atom is -0.350 e. The highest BCUT2D eigenvalue weighted by Gasteiger charge is 2.31. The Balaban J connectivity index is 2.45. The minimum atomic E-state index is -4.64. The highest BCUT2D eigenvalue weighted by molar-refractivity contribution is 7.92. The van der Waals surface area contributed by atoms with Crippen molar-refractivity contribution in [1.82, 2.24) is 5.32 Å². The lowest BCUT2D eigenvalue weighted by atomic mass is 10.2. The molecule has 0 fully saturated rings. The van der Waals surface area contributed by atoms with Gasteiger partial charge in [-0.1, -0.05) is 29.3 Å². The molecule has 11 heteroatoms. The molecule has 0 bridgehead atoms. The first-order valence-corrected chi connectivity index (χ1v) is 10.0. The van der Waals surface area contributed by atoms with Crippen molar-refractivity contribution in [3.63, 3.8) is 0 Å². The van der Waals surface area contributed by atoms with Crippen LogP contribution in [0.4, 0.5) is 18.9 Å². The maximum absolute atomic E-state index is 12.8. The maximum Gasteiger partial charge on any atom is 0.416 e. The van der Waals surface area contributed by atoms with Gasteiger partial charge in [-0.3, -0.25) is 9.52 Å². The third kappa shape index (κ3) is 5.30. The molecule has 2 aromatic carbocycles. The number of sulfonamides is 1. The van der Waals surface area contributed by atoms with E-state index in [4.69, 9.17) is 23.2 Å². The monoisotopic (exact) mass is 454 g/mol. The van der Waals surface area contributed by atoms with Crippen LogP contribution in [0.15, 0.2) is 41.3 Å². The second kappa shape index (κ2) is 8.18. The van der Waals surface area contributed by atoms with Crippen LogP contribution >= 0.6 is 23.2 Å². The second-order valence-electron chi connectivity index (χ2n) is 6.07. The summed E-state index contributed by atoms with van der Waals surface area (Å²) in [5.74, 6) is -0.618. The molecule has 2 rings (SSSR count). The van der Waals surface area contributed by atoms with E-state index < -0.39 is 32.6 Å². The van der Waals surface area contributed by atoms with Crippen LogP contribution < -0.4 is 10.0 Å². The fraction of sp³-hybridized carbons (Fsp3) is 0.235. The normalized spacial score (nSPS) is 12.1. The Kier molecular flexibility index (Phi) is 6.52. The molecule has 0 aromatic heterocycles. The number of carbonyl (C=O) groups is 1. The van der Waals surface area contributed by atoms with Crippen LogP contribution in [0, 0.1) is 0 Å². The summed E-state index contributed by atoms with van der Waals surface area (Å²) in [4.78, 5) is 11.7. The number of benzene rings is 2. The van der Waals surface area contributed by atoms with E-state index in [1.165, 1.54) is 0 Å². The van der Waals surface area contributed by atoms with Crippen molar-refractivity contribution in [1.29, 1.82) is 0 Å². The molecule has 0 aliphatic heterocycles. The SMILES string of the molecule is CC(C)NC(=O)c1cc(S(=O)(=O)Nc2cccc(C(F)(F)F)c2)c(Cl)cc1Cl. The van der Waals surface area contributed by atoms with Crippen LogP contribution in [0.3, 0.4) is 0 Å². The molecule has 0 radical (unpaired) electrons. The second-order valence-corrected chi connectivity index (χ2v) is 8.54. The number of alkyl halides is 3. The van der Waals surface area contributed by atoms with Gasteiger partial charge in [-0.2, -0.15) is 13.2 Å². The molecule has 2 N–H and O–H groups in total. The van der Waals surface area contributed by atoms with E-state index in [9.17, 15) is 26.4 Å². The van der Waals surface area contributed by atoms with E-state index in [-0.39, 0.29) is 27.3 Å². The molecule has 0 atom stereocenters. The third-order valence-corrected chi connectivity index (χ3v) is 5.58. The smallest absolute Gasteiger partial charge is 0.350 e. The zero-order valence-corrected chi connectivity index (χ0v) is 16.9. The molecule has 2 aromatic rings. The van der Waals surface area contributed by atoms with Gasteiger partial charge < -0.3 is 5.32 Å². The summed E-state index contributed by atoms with van der Waals surface area (Å²) in [6.07, 6.45) is -4.64. The molecule has 0 aliphatic rings. The van der Waals surface area contributed by atoms with Crippen LogP contribution in [0.25, 0.3) is 0 Å². The highest BCUT2D eigenvalue weighted by Crippen LogP contribution is 2.33. The lowest BCUT2D eigenvalue weighted by Crippen LogP contribution is -2.30. The summed E-state index contributed by atoms with van der Waals surface area (Å²) in [7, 11) is -4.40. The predicted octanol–water partition coefficient (Wildman–Crippen LogP) is 4.95. The zero-order chi connectivity index (χ0) is 21.3. The van der Waals surface area contributed by atoms with Crippen LogP contribution in [0.2, 0.25) is 10.0 Å². The lowest BCUT2D eigenvalue weighted by molar-refractivity contribution is -0.137. The number of hydrogen-bond donors (Lipinski definition) is 2. The Morgan fingerprint density at radius 1 is 1.07 bits per heavy atom. The Hall–Kier alpha value is -1.97. The van der Waals surface area contributed by atoms with Gasteiger partial charge in [0.15, 0.2) is 0 Å². The first-order valence-electron chi connectivity index (χ1n) is 7.81. The van der Waals surface area contributed by atoms with E-state index in [0.717, 1.165) is 30.3 Å². The molecule has 5 nitrogen and oxygen atoms in total. The molecule has 0 aliphatic carbocycles. The van der Waals surface area contributed by atoms with Gasteiger partial charge in [0.05, 0.1) is 21.2 Å². The first-order chi connectivity index (χ1) is 12.8. The molecule has 28 heavy (non-hydrogen) atoms. The summed E-state index contributed by atoms with van der Waals surface area (Å²) in [6, 6.07) is 5.49. The molecule has 152 valence electrons. The van der Waals surface area contributed by atoms with Crippen molar-refractivity contribution in [2.24, 2.45) is 0 Å². The topological polar surface area (TPSA) is 75.3 Å². The van der Waals surface area contributed by atoms with Crippen molar-refractivity contribution < 1.29 is 26.4 Å². The van der Waals surface area contributed by atoms with Gasteiger partial charge in [0, 0.05) is 11.7 Å². The molecular weight excluding hydrogens is 440 g/mol. The Bertz CT molecular complexity index is 1010. The predicted molar refractivity (Wildman–Crippen MR) is 101 cm³/mol. The summed E-state index contributed by atoms with van der Waals surface area (Å²) < 4.78 is 65.8. The number of anilines is 1. The van der Waals surface area contributed by atoms with Crippen molar-refractivity contribution in [2.75, 3.05) is 4.72 Å². The lowest BCUT2D eigenvalue weighted by Gasteiger charge is -2.14. The van der Waals surface area contributed by atoms with E-state index >= 15 is 0 Å². The van der Waals surface area contributed by atoms with Gasteiger partial charge >= 0.3 is 6.18 Å². The van der Waals surface area contributed by atoms with E-state index in [2.05, 4.69) is 5.32 Å². The number of halogens is 5. The number of carbonyl (C=O) groups excluding carboxylic acids is 1. The number of nitrogens with one attached hydrogen (secondary N) is 2. The van der Waals surface area contributed by atoms with E-state index in [1.54, 1.807) is 13.8 Å².